The van der Waals surface area contributed by atoms with Crippen molar-refractivity contribution in [2.45, 2.75) is 45.6 Å². The lowest BCUT2D eigenvalue weighted by molar-refractivity contribution is 0.0697. The van der Waals surface area contributed by atoms with Gasteiger partial charge >= 0.3 is 5.97 Å². The number of carboxylic acids is 1. The van der Waals surface area contributed by atoms with Gasteiger partial charge in [0, 0.05) is 11.7 Å². The maximum absolute atomic E-state index is 11.1. The summed E-state index contributed by atoms with van der Waals surface area (Å²) in [5.74, 6) is 0.481. The van der Waals surface area contributed by atoms with Crippen molar-refractivity contribution in [2.24, 2.45) is 11.8 Å². The molecule has 0 heterocycles. The molecule has 20 heavy (non-hydrogen) atoms. The number of anilines is 1. The van der Waals surface area contributed by atoms with Gasteiger partial charge in [0.25, 0.3) is 0 Å². The van der Waals surface area contributed by atoms with Crippen molar-refractivity contribution in [1.29, 1.82) is 0 Å². The first-order valence-electron chi connectivity index (χ1n) is 7.26. The van der Waals surface area contributed by atoms with E-state index in [0.29, 0.717) is 12.0 Å². The Kier molecular flexibility index (Phi) is 4.92. The number of nitrogens with one attached hydrogen (secondary N) is 1. The number of carboxylic acid groups (broad SMARTS) is 1. The monoisotopic (exact) mass is 295 g/mol. The lowest BCUT2D eigenvalue weighted by atomic mass is 9.79. The normalized spacial score (nSPS) is 22.8. The summed E-state index contributed by atoms with van der Waals surface area (Å²) in [6.45, 7) is 4.55. The van der Waals surface area contributed by atoms with E-state index >= 15 is 0 Å². The number of halogens is 1. The quantitative estimate of drug-likeness (QED) is 0.849. The fraction of sp³-hybridized carbons (Fsp3) is 0.562. The third kappa shape index (κ3) is 3.66. The van der Waals surface area contributed by atoms with Gasteiger partial charge in [0.1, 0.15) is 0 Å². The van der Waals surface area contributed by atoms with Crippen LogP contribution in [0.15, 0.2) is 18.2 Å². The third-order valence-corrected chi connectivity index (χ3v) is 4.55. The molecule has 2 unspecified atom stereocenters. The molecule has 2 atom stereocenters. The first kappa shape index (κ1) is 15.2. The van der Waals surface area contributed by atoms with Crippen LogP contribution in [-0.4, -0.2) is 17.1 Å². The molecule has 1 aliphatic carbocycles. The van der Waals surface area contributed by atoms with Gasteiger partial charge in [-0.25, -0.2) is 4.79 Å². The van der Waals surface area contributed by atoms with Crippen molar-refractivity contribution in [1.82, 2.24) is 0 Å². The van der Waals surface area contributed by atoms with Crippen LogP contribution in [0.3, 0.4) is 0 Å². The van der Waals surface area contributed by atoms with Gasteiger partial charge in [-0.2, -0.15) is 0 Å². The fourth-order valence-corrected chi connectivity index (χ4v) is 3.18. The van der Waals surface area contributed by atoms with E-state index in [0.717, 1.165) is 24.4 Å². The zero-order chi connectivity index (χ0) is 14.7. The number of rotatable bonds is 4. The molecule has 0 bridgehead atoms. The Hall–Kier alpha value is -1.22. The highest BCUT2D eigenvalue weighted by Crippen LogP contribution is 2.32. The summed E-state index contributed by atoms with van der Waals surface area (Å²) in [4.78, 5) is 11.1. The van der Waals surface area contributed by atoms with Crippen LogP contribution in [0.4, 0.5) is 5.69 Å². The van der Waals surface area contributed by atoms with Crippen molar-refractivity contribution >= 4 is 23.3 Å². The van der Waals surface area contributed by atoms with E-state index in [2.05, 4.69) is 19.2 Å². The molecular formula is C16H22ClNO2. The highest BCUT2D eigenvalue weighted by atomic mass is 35.5. The summed E-state index contributed by atoms with van der Waals surface area (Å²) in [6.07, 6.45) is 4.84. The lowest BCUT2D eigenvalue weighted by Gasteiger charge is -2.32. The molecule has 2 N–H and O–H groups in total. The Labute approximate surface area is 125 Å². The van der Waals surface area contributed by atoms with Gasteiger partial charge in [0.15, 0.2) is 0 Å². The van der Waals surface area contributed by atoms with Gasteiger partial charge in [0.2, 0.25) is 0 Å². The zero-order valence-corrected chi connectivity index (χ0v) is 12.8. The average Bonchev–Trinajstić information content (AvgIpc) is 2.41. The van der Waals surface area contributed by atoms with Gasteiger partial charge in [0.05, 0.1) is 10.6 Å². The van der Waals surface area contributed by atoms with Crippen LogP contribution in [0.5, 0.6) is 0 Å². The molecule has 3 nitrogen and oxygen atoms in total. The average molecular weight is 296 g/mol. The molecule has 0 spiro atoms. The standard InChI is InChI=1S/C16H22ClNO2/c1-10(2)11-4-3-5-12(8-11)18-13-6-7-15(17)14(9-13)16(19)20/h6-7,9-12,18H,3-5,8H2,1-2H3,(H,19,20). The topological polar surface area (TPSA) is 49.3 Å². The Morgan fingerprint density at radius 3 is 2.80 bits per heavy atom. The van der Waals surface area contributed by atoms with E-state index in [4.69, 9.17) is 16.7 Å². The van der Waals surface area contributed by atoms with Crippen molar-refractivity contribution in [3.63, 3.8) is 0 Å². The van der Waals surface area contributed by atoms with Crippen LogP contribution in [0, 0.1) is 11.8 Å². The van der Waals surface area contributed by atoms with Crippen molar-refractivity contribution in [2.75, 3.05) is 5.32 Å². The molecule has 0 saturated heterocycles. The summed E-state index contributed by atoms with van der Waals surface area (Å²) in [5, 5.41) is 12.8. The molecule has 4 heteroatoms. The summed E-state index contributed by atoms with van der Waals surface area (Å²) in [6, 6.07) is 5.56. The molecule has 0 radical (unpaired) electrons. The molecule has 0 amide bonds. The molecule has 1 saturated carbocycles. The van der Waals surface area contributed by atoms with Crippen molar-refractivity contribution < 1.29 is 9.90 Å². The molecule has 1 fully saturated rings. The van der Waals surface area contributed by atoms with Gasteiger partial charge < -0.3 is 10.4 Å². The first-order chi connectivity index (χ1) is 9.47. The minimum absolute atomic E-state index is 0.160. The zero-order valence-electron chi connectivity index (χ0n) is 12.0. The molecule has 110 valence electrons. The molecule has 1 aromatic rings. The number of hydrogen-bond donors (Lipinski definition) is 2. The number of benzene rings is 1. The van der Waals surface area contributed by atoms with Gasteiger partial charge in [-0.3, -0.25) is 0 Å². The maximum atomic E-state index is 11.1. The Morgan fingerprint density at radius 1 is 1.40 bits per heavy atom. The Morgan fingerprint density at radius 2 is 2.15 bits per heavy atom. The summed E-state index contributed by atoms with van der Waals surface area (Å²) in [5.41, 5.74) is 1.01. The van der Waals surface area contributed by atoms with E-state index in [1.165, 1.54) is 12.8 Å². The predicted molar refractivity (Wildman–Crippen MR) is 82.6 cm³/mol. The van der Waals surface area contributed by atoms with Gasteiger partial charge in [-0.1, -0.05) is 38.3 Å². The molecular weight excluding hydrogens is 274 g/mol. The summed E-state index contributed by atoms with van der Waals surface area (Å²) in [7, 11) is 0. The first-order valence-corrected chi connectivity index (χ1v) is 7.64. The molecule has 0 aromatic heterocycles. The van der Waals surface area contributed by atoms with Crippen LogP contribution in [0.25, 0.3) is 0 Å². The van der Waals surface area contributed by atoms with E-state index in [9.17, 15) is 4.79 Å². The van der Waals surface area contributed by atoms with Gasteiger partial charge in [-0.05, 0) is 42.9 Å². The predicted octanol–water partition coefficient (Wildman–Crippen LogP) is 4.66. The minimum atomic E-state index is -0.984. The van der Waals surface area contributed by atoms with Crippen LogP contribution < -0.4 is 5.32 Å². The fourth-order valence-electron chi connectivity index (χ4n) is 2.98. The van der Waals surface area contributed by atoms with E-state index in [-0.39, 0.29) is 10.6 Å². The van der Waals surface area contributed by atoms with Crippen LogP contribution >= 0.6 is 11.6 Å². The van der Waals surface area contributed by atoms with E-state index < -0.39 is 5.97 Å². The number of hydrogen-bond acceptors (Lipinski definition) is 2. The van der Waals surface area contributed by atoms with Crippen molar-refractivity contribution in [3.8, 4) is 0 Å². The number of aromatic carboxylic acids is 1. The molecule has 2 rings (SSSR count). The lowest BCUT2D eigenvalue weighted by Crippen LogP contribution is -2.29. The minimum Gasteiger partial charge on any atom is -0.478 e. The highest BCUT2D eigenvalue weighted by Gasteiger charge is 2.24. The second-order valence-electron chi connectivity index (χ2n) is 6.01. The van der Waals surface area contributed by atoms with Gasteiger partial charge in [-0.15, -0.1) is 0 Å². The molecule has 1 aromatic carbocycles. The second-order valence-corrected chi connectivity index (χ2v) is 6.42. The van der Waals surface area contributed by atoms with Crippen LogP contribution in [-0.2, 0) is 0 Å². The maximum Gasteiger partial charge on any atom is 0.337 e. The van der Waals surface area contributed by atoms with Crippen LogP contribution in [0.1, 0.15) is 49.9 Å². The summed E-state index contributed by atoms with van der Waals surface area (Å²) >= 11 is 5.89. The number of carbonyl (C=O) groups is 1. The largest absolute Gasteiger partial charge is 0.478 e. The van der Waals surface area contributed by atoms with Crippen molar-refractivity contribution in [3.05, 3.63) is 28.8 Å². The van der Waals surface area contributed by atoms with E-state index in [1.807, 2.05) is 6.07 Å². The SMILES string of the molecule is CC(C)C1CCCC(Nc2ccc(Cl)c(C(=O)O)c2)C1. The smallest absolute Gasteiger partial charge is 0.337 e. The third-order valence-electron chi connectivity index (χ3n) is 4.23. The molecule has 1 aliphatic rings. The molecule has 0 aliphatic heterocycles. The Bertz CT molecular complexity index is 487. The second kappa shape index (κ2) is 6.49. The van der Waals surface area contributed by atoms with E-state index in [1.54, 1.807) is 12.1 Å². The Balaban J connectivity index is 2.06. The highest BCUT2D eigenvalue weighted by molar-refractivity contribution is 6.33. The van der Waals surface area contributed by atoms with Crippen LogP contribution in [0.2, 0.25) is 5.02 Å². The summed E-state index contributed by atoms with van der Waals surface area (Å²) < 4.78 is 0.